The van der Waals surface area contributed by atoms with Gasteiger partial charge in [-0.15, -0.1) is 17.9 Å². The van der Waals surface area contributed by atoms with Gasteiger partial charge in [0.25, 0.3) is 0 Å². The Bertz CT molecular complexity index is 278. The molecule has 1 nitrogen and oxygen atoms in total. The molecule has 66 valence electrons. The summed E-state index contributed by atoms with van der Waals surface area (Å²) in [6.45, 7) is 5.71. The van der Waals surface area contributed by atoms with Crippen LogP contribution < -0.4 is 5.73 Å². The number of hydrogen-bond donors (Lipinski definition) is 1. The zero-order chi connectivity index (χ0) is 9.19. The summed E-state index contributed by atoms with van der Waals surface area (Å²) >= 11 is 5.14. The predicted octanol–water partition coefficient (Wildman–Crippen LogP) is 3.26. The van der Waals surface area contributed by atoms with Crippen molar-refractivity contribution in [2.24, 2.45) is 5.73 Å². The van der Waals surface area contributed by atoms with Gasteiger partial charge in [0.2, 0.25) is 0 Å². The minimum Gasteiger partial charge on any atom is -0.321 e. The highest BCUT2D eigenvalue weighted by molar-refractivity contribution is 9.10. The second-order valence-electron chi connectivity index (χ2n) is 3.01. The summed E-state index contributed by atoms with van der Waals surface area (Å²) in [5.74, 6) is 0. The van der Waals surface area contributed by atoms with E-state index in [0.717, 1.165) is 10.9 Å². The van der Waals surface area contributed by atoms with Gasteiger partial charge in [-0.2, -0.15) is 0 Å². The highest BCUT2D eigenvalue weighted by atomic mass is 79.9. The lowest BCUT2D eigenvalue weighted by Gasteiger charge is -2.21. The number of nitrogens with two attached hydrogens (primary N) is 1. The van der Waals surface area contributed by atoms with Crippen LogP contribution in [0.3, 0.4) is 0 Å². The third-order valence-corrected chi connectivity index (χ3v) is 3.82. The maximum Gasteiger partial charge on any atom is 0.0521 e. The summed E-state index contributed by atoms with van der Waals surface area (Å²) in [5, 5.41) is 2.04. The van der Waals surface area contributed by atoms with Crippen molar-refractivity contribution in [3.8, 4) is 0 Å². The third kappa shape index (κ3) is 1.97. The van der Waals surface area contributed by atoms with E-state index in [-0.39, 0.29) is 5.54 Å². The molecule has 1 atom stereocenters. The fraction of sp³-hybridized carbons (Fsp3) is 0.333. The normalized spacial score (nSPS) is 15.6. The van der Waals surface area contributed by atoms with Gasteiger partial charge in [-0.3, -0.25) is 0 Å². The van der Waals surface area contributed by atoms with Gasteiger partial charge in [-0.05, 0) is 40.7 Å². The van der Waals surface area contributed by atoms with E-state index >= 15 is 0 Å². The Balaban J connectivity index is 2.96. The van der Waals surface area contributed by atoms with Gasteiger partial charge in [0, 0.05) is 9.35 Å². The lowest BCUT2D eigenvalue weighted by Crippen LogP contribution is -2.31. The predicted molar refractivity (Wildman–Crippen MR) is 58.4 cm³/mol. The Morgan fingerprint density at radius 2 is 2.50 bits per heavy atom. The van der Waals surface area contributed by atoms with E-state index in [1.54, 1.807) is 11.3 Å². The molecule has 12 heavy (non-hydrogen) atoms. The largest absolute Gasteiger partial charge is 0.321 e. The molecule has 0 fully saturated rings. The minimum absolute atomic E-state index is 0.283. The molecule has 1 aromatic rings. The first-order valence-corrected chi connectivity index (χ1v) is 5.38. The van der Waals surface area contributed by atoms with Gasteiger partial charge in [0.15, 0.2) is 0 Å². The molecule has 3 heteroatoms. The first-order valence-electron chi connectivity index (χ1n) is 3.71. The summed E-state index contributed by atoms with van der Waals surface area (Å²) in [6, 6.07) is 2.02. The number of halogens is 1. The Labute approximate surface area is 85.4 Å². The summed E-state index contributed by atoms with van der Waals surface area (Å²) in [4.78, 5) is 1.18. The fourth-order valence-electron chi connectivity index (χ4n) is 1.09. The molecular formula is C9H12BrNS. The SMILES string of the molecule is C=CC[C@](C)(N)c1sccc1Br. The van der Waals surface area contributed by atoms with Gasteiger partial charge in [0.1, 0.15) is 0 Å². The molecule has 0 saturated heterocycles. The maximum atomic E-state index is 6.10. The summed E-state index contributed by atoms with van der Waals surface area (Å²) in [5.41, 5.74) is 5.82. The van der Waals surface area contributed by atoms with Crippen LogP contribution in [0.5, 0.6) is 0 Å². The van der Waals surface area contributed by atoms with E-state index in [1.165, 1.54) is 4.88 Å². The van der Waals surface area contributed by atoms with Gasteiger partial charge in [0.05, 0.1) is 5.54 Å². The molecule has 1 heterocycles. The van der Waals surface area contributed by atoms with E-state index in [2.05, 4.69) is 22.5 Å². The smallest absolute Gasteiger partial charge is 0.0521 e. The van der Waals surface area contributed by atoms with E-state index < -0.39 is 0 Å². The number of thiophene rings is 1. The fourth-order valence-corrected chi connectivity index (χ4v) is 3.01. The van der Waals surface area contributed by atoms with Crippen molar-refractivity contribution < 1.29 is 0 Å². The van der Waals surface area contributed by atoms with Gasteiger partial charge in [-0.25, -0.2) is 0 Å². The zero-order valence-corrected chi connectivity index (χ0v) is 9.41. The van der Waals surface area contributed by atoms with Crippen molar-refractivity contribution in [1.29, 1.82) is 0 Å². The molecule has 2 N–H and O–H groups in total. The van der Waals surface area contributed by atoms with E-state index in [9.17, 15) is 0 Å². The number of hydrogen-bond acceptors (Lipinski definition) is 2. The molecule has 1 rings (SSSR count). The van der Waals surface area contributed by atoms with Crippen LogP contribution in [-0.2, 0) is 5.54 Å². The van der Waals surface area contributed by atoms with Crippen molar-refractivity contribution >= 4 is 27.3 Å². The molecule has 0 saturated carbocycles. The quantitative estimate of drug-likeness (QED) is 0.814. The standard InChI is InChI=1S/C9H12BrNS/c1-3-5-9(2,11)8-7(10)4-6-12-8/h3-4,6H,1,5,11H2,2H3/t9-/m0/s1. The highest BCUT2D eigenvalue weighted by Crippen LogP contribution is 2.33. The Morgan fingerprint density at radius 1 is 1.83 bits per heavy atom. The highest BCUT2D eigenvalue weighted by Gasteiger charge is 2.23. The van der Waals surface area contributed by atoms with Crippen LogP contribution in [0, 0.1) is 0 Å². The Morgan fingerprint density at radius 3 is 2.92 bits per heavy atom. The van der Waals surface area contributed by atoms with Crippen LogP contribution in [0.4, 0.5) is 0 Å². The molecule has 0 aliphatic heterocycles. The van der Waals surface area contributed by atoms with Crippen molar-refractivity contribution in [2.45, 2.75) is 18.9 Å². The molecule has 0 spiro atoms. The van der Waals surface area contributed by atoms with Crippen LogP contribution >= 0.6 is 27.3 Å². The molecule has 0 amide bonds. The first-order chi connectivity index (χ1) is 5.58. The third-order valence-electron chi connectivity index (χ3n) is 1.70. The van der Waals surface area contributed by atoms with Crippen LogP contribution in [0.15, 0.2) is 28.6 Å². The maximum absolute atomic E-state index is 6.10. The summed E-state index contributed by atoms with van der Waals surface area (Å²) in [6.07, 6.45) is 2.65. The average Bonchev–Trinajstić information content (AvgIpc) is 2.35. The van der Waals surface area contributed by atoms with Gasteiger partial charge < -0.3 is 5.73 Å². The van der Waals surface area contributed by atoms with E-state index in [0.29, 0.717) is 0 Å². The Hall–Kier alpha value is -0.120. The van der Waals surface area contributed by atoms with Crippen molar-refractivity contribution in [1.82, 2.24) is 0 Å². The second-order valence-corrected chi connectivity index (χ2v) is 4.78. The summed E-state index contributed by atoms with van der Waals surface area (Å²) < 4.78 is 1.10. The molecule has 0 unspecified atom stereocenters. The molecule has 0 bridgehead atoms. The average molecular weight is 246 g/mol. The van der Waals surface area contributed by atoms with E-state index in [1.807, 2.05) is 24.4 Å². The van der Waals surface area contributed by atoms with Gasteiger partial charge >= 0.3 is 0 Å². The summed E-state index contributed by atoms with van der Waals surface area (Å²) in [7, 11) is 0. The van der Waals surface area contributed by atoms with Crippen molar-refractivity contribution in [2.75, 3.05) is 0 Å². The Kier molecular flexibility index (Phi) is 3.09. The number of rotatable bonds is 3. The van der Waals surface area contributed by atoms with E-state index in [4.69, 9.17) is 5.73 Å². The molecule has 0 aliphatic carbocycles. The van der Waals surface area contributed by atoms with Gasteiger partial charge in [-0.1, -0.05) is 6.08 Å². The zero-order valence-electron chi connectivity index (χ0n) is 7.01. The molecular weight excluding hydrogens is 234 g/mol. The second kappa shape index (κ2) is 3.73. The topological polar surface area (TPSA) is 26.0 Å². The minimum atomic E-state index is -0.283. The monoisotopic (exact) mass is 245 g/mol. The lowest BCUT2D eigenvalue weighted by atomic mass is 9.97. The van der Waals surface area contributed by atoms with Crippen molar-refractivity contribution in [3.63, 3.8) is 0 Å². The van der Waals surface area contributed by atoms with Crippen LogP contribution in [-0.4, -0.2) is 0 Å². The molecule has 0 aliphatic rings. The van der Waals surface area contributed by atoms with Crippen LogP contribution in [0.2, 0.25) is 0 Å². The van der Waals surface area contributed by atoms with Crippen molar-refractivity contribution in [3.05, 3.63) is 33.5 Å². The first kappa shape index (κ1) is 9.96. The van der Waals surface area contributed by atoms with Crippen LogP contribution in [0.25, 0.3) is 0 Å². The lowest BCUT2D eigenvalue weighted by molar-refractivity contribution is 0.511. The molecule has 0 aromatic carbocycles. The molecule has 0 radical (unpaired) electrons. The molecule has 1 aromatic heterocycles. The van der Waals surface area contributed by atoms with Crippen LogP contribution in [0.1, 0.15) is 18.2 Å².